The van der Waals surface area contributed by atoms with Gasteiger partial charge in [-0.05, 0) is 31.1 Å². The van der Waals surface area contributed by atoms with Gasteiger partial charge < -0.3 is 10.2 Å². The van der Waals surface area contributed by atoms with Crippen molar-refractivity contribution in [2.24, 2.45) is 11.8 Å². The Balaban J connectivity index is 1.79. The molecule has 3 atom stereocenters. The summed E-state index contributed by atoms with van der Waals surface area (Å²) in [5.41, 5.74) is 0. The SMILES string of the molecule is CC(=O)N1CCC(N[C@@H]2CCC[C@H](C)[C@H]2C)CC1. The lowest BCUT2D eigenvalue weighted by Crippen LogP contribution is -2.50. The van der Waals surface area contributed by atoms with Crippen LogP contribution in [0.4, 0.5) is 0 Å². The maximum atomic E-state index is 11.3. The Bertz CT molecular complexity index is 284. The topological polar surface area (TPSA) is 32.3 Å². The Labute approximate surface area is 111 Å². The average molecular weight is 252 g/mol. The number of hydrogen-bond acceptors (Lipinski definition) is 2. The molecule has 1 amide bonds. The first-order valence-electron chi connectivity index (χ1n) is 7.59. The zero-order chi connectivity index (χ0) is 13.1. The molecule has 1 saturated carbocycles. The highest BCUT2D eigenvalue weighted by Crippen LogP contribution is 2.30. The van der Waals surface area contributed by atoms with Crippen molar-refractivity contribution in [1.82, 2.24) is 10.2 Å². The molecule has 2 rings (SSSR count). The van der Waals surface area contributed by atoms with E-state index in [-0.39, 0.29) is 5.91 Å². The predicted molar refractivity (Wildman–Crippen MR) is 74.4 cm³/mol. The largest absolute Gasteiger partial charge is 0.343 e. The molecule has 0 unspecified atom stereocenters. The van der Waals surface area contributed by atoms with E-state index in [1.807, 2.05) is 4.90 Å². The number of carbonyl (C=O) groups is 1. The van der Waals surface area contributed by atoms with Gasteiger partial charge in [0.25, 0.3) is 0 Å². The predicted octanol–water partition coefficient (Wildman–Crippen LogP) is 2.41. The van der Waals surface area contributed by atoms with E-state index in [1.54, 1.807) is 6.92 Å². The summed E-state index contributed by atoms with van der Waals surface area (Å²) in [6.45, 7) is 8.33. The Kier molecular flexibility index (Phi) is 4.66. The molecule has 0 aromatic carbocycles. The summed E-state index contributed by atoms with van der Waals surface area (Å²) in [6, 6.07) is 1.32. The summed E-state index contributed by atoms with van der Waals surface area (Å²) >= 11 is 0. The van der Waals surface area contributed by atoms with Crippen molar-refractivity contribution in [3.63, 3.8) is 0 Å². The van der Waals surface area contributed by atoms with Crippen LogP contribution in [0.1, 0.15) is 52.9 Å². The number of likely N-dealkylation sites (tertiary alicyclic amines) is 1. The molecule has 1 heterocycles. The molecule has 0 aromatic heterocycles. The molecule has 1 aliphatic carbocycles. The number of hydrogen-bond donors (Lipinski definition) is 1. The Morgan fingerprint density at radius 3 is 2.39 bits per heavy atom. The lowest BCUT2D eigenvalue weighted by molar-refractivity contribution is -0.129. The zero-order valence-electron chi connectivity index (χ0n) is 12.1. The highest BCUT2D eigenvalue weighted by Gasteiger charge is 2.30. The van der Waals surface area contributed by atoms with Gasteiger partial charge in [0.2, 0.25) is 5.91 Å². The van der Waals surface area contributed by atoms with E-state index in [0.29, 0.717) is 12.1 Å². The smallest absolute Gasteiger partial charge is 0.219 e. The second kappa shape index (κ2) is 6.05. The fourth-order valence-corrected chi connectivity index (χ4v) is 3.48. The van der Waals surface area contributed by atoms with Crippen molar-refractivity contribution in [2.75, 3.05) is 13.1 Å². The van der Waals surface area contributed by atoms with Gasteiger partial charge in [-0.15, -0.1) is 0 Å². The summed E-state index contributed by atoms with van der Waals surface area (Å²) in [4.78, 5) is 13.3. The fraction of sp³-hybridized carbons (Fsp3) is 0.933. The molecule has 0 bridgehead atoms. The van der Waals surface area contributed by atoms with Crippen LogP contribution in [0, 0.1) is 11.8 Å². The van der Waals surface area contributed by atoms with Crippen molar-refractivity contribution < 1.29 is 4.79 Å². The third-order valence-electron chi connectivity index (χ3n) is 5.10. The van der Waals surface area contributed by atoms with Crippen LogP contribution >= 0.6 is 0 Å². The van der Waals surface area contributed by atoms with Crippen molar-refractivity contribution in [2.45, 2.75) is 65.0 Å². The van der Waals surface area contributed by atoms with E-state index < -0.39 is 0 Å². The fourth-order valence-electron chi connectivity index (χ4n) is 3.48. The minimum atomic E-state index is 0.230. The molecule has 0 radical (unpaired) electrons. The van der Waals surface area contributed by atoms with Gasteiger partial charge in [-0.25, -0.2) is 0 Å². The van der Waals surface area contributed by atoms with Gasteiger partial charge in [0.1, 0.15) is 0 Å². The molecule has 1 saturated heterocycles. The Hall–Kier alpha value is -0.570. The van der Waals surface area contributed by atoms with Crippen molar-refractivity contribution in [3.05, 3.63) is 0 Å². The highest BCUT2D eigenvalue weighted by molar-refractivity contribution is 5.73. The minimum Gasteiger partial charge on any atom is -0.343 e. The van der Waals surface area contributed by atoms with Gasteiger partial charge >= 0.3 is 0 Å². The first-order chi connectivity index (χ1) is 8.58. The number of nitrogens with one attached hydrogen (secondary N) is 1. The van der Waals surface area contributed by atoms with Gasteiger partial charge in [0.15, 0.2) is 0 Å². The second-order valence-electron chi connectivity index (χ2n) is 6.32. The van der Waals surface area contributed by atoms with Crippen LogP contribution in [0.15, 0.2) is 0 Å². The first kappa shape index (κ1) is 13.9. The summed E-state index contributed by atoms with van der Waals surface area (Å²) in [7, 11) is 0. The van der Waals surface area contributed by atoms with Crippen LogP contribution in [0.3, 0.4) is 0 Å². The lowest BCUT2D eigenvalue weighted by Gasteiger charge is -2.39. The third kappa shape index (κ3) is 3.25. The Morgan fingerprint density at radius 1 is 1.11 bits per heavy atom. The molecule has 2 aliphatic rings. The molecule has 1 aliphatic heterocycles. The molecule has 0 spiro atoms. The monoisotopic (exact) mass is 252 g/mol. The lowest BCUT2D eigenvalue weighted by atomic mass is 9.77. The van der Waals surface area contributed by atoms with E-state index in [4.69, 9.17) is 0 Å². The van der Waals surface area contributed by atoms with Gasteiger partial charge in [-0.3, -0.25) is 4.79 Å². The molecular formula is C15H28N2O. The van der Waals surface area contributed by atoms with Crippen LogP contribution in [-0.2, 0) is 4.79 Å². The number of amides is 1. The molecule has 2 fully saturated rings. The van der Waals surface area contributed by atoms with Gasteiger partial charge in [0.05, 0.1) is 0 Å². The van der Waals surface area contributed by atoms with Crippen LogP contribution < -0.4 is 5.32 Å². The zero-order valence-corrected chi connectivity index (χ0v) is 12.1. The van der Waals surface area contributed by atoms with Crippen LogP contribution in [0.5, 0.6) is 0 Å². The van der Waals surface area contributed by atoms with E-state index in [0.717, 1.165) is 37.8 Å². The molecule has 3 nitrogen and oxygen atoms in total. The van der Waals surface area contributed by atoms with E-state index >= 15 is 0 Å². The molecule has 1 N–H and O–H groups in total. The summed E-state index contributed by atoms with van der Waals surface area (Å²) in [6.07, 6.45) is 6.34. The van der Waals surface area contributed by atoms with E-state index in [9.17, 15) is 4.79 Å². The summed E-state index contributed by atoms with van der Waals surface area (Å²) < 4.78 is 0. The summed E-state index contributed by atoms with van der Waals surface area (Å²) in [5, 5.41) is 3.86. The highest BCUT2D eigenvalue weighted by atomic mass is 16.2. The minimum absolute atomic E-state index is 0.230. The quantitative estimate of drug-likeness (QED) is 0.818. The van der Waals surface area contributed by atoms with Crippen molar-refractivity contribution in [3.8, 4) is 0 Å². The Morgan fingerprint density at radius 2 is 1.78 bits per heavy atom. The standard InChI is InChI=1S/C15H28N2O/c1-11-5-4-6-15(12(11)2)16-14-7-9-17(10-8-14)13(3)18/h11-12,14-16H,4-10H2,1-3H3/t11-,12+,15+/m0/s1. The normalized spacial score (nSPS) is 34.6. The number of nitrogens with zero attached hydrogens (tertiary/aromatic N) is 1. The van der Waals surface area contributed by atoms with Crippen molar-refractivity contribution in [1.29, 1.82) is 0 Å². The van der Waals surface area contributed by atoms with Crippen LogP contribution in [-0.4, -0.2) is 36.0 Å². The molecular weight excluding hydrogens is 224 g/mol. The first-order valence-corrected chi connectivity index (χ1v) is 7.59. The third-order valence-corrected chi connectivity index (χ3v) is 5.10. The van der Waals surface area contributed by atoms with Crippen molar-refractivity contribution >= 4 is 5.91 Å². The number of piperidine rings is 1. The van der Waals surface area contributed by atoms with E-state index in [2.05, 4.69) is 19.2 Å². The van der Waals surface area contributed by atoms with E-state index in [1.165, 1.54) is 19.3 Å². The molecule has 0 aromatic rings. The van der Waals surface area contributed by atoms with Gasteiger partial charge in [-0.1, -0.05) is 26.7 Å². The van der Waals surface area contributed by atoms with Crippen LogP contribution in [0.2, 0.25) is 0 Å². The molecule has 18 heavy (non-hydrogen) atoms. The summed E-state index contributed by atoms with van der Waals surface area (Å²) in [5.74, 6) is 1.88. The van der Waals surface area contributed by atoms with Crippen LogP contribution in [0.25, 0.3) is 0 Å². The molecule has 3 heteroatoms. The number of carbonyl (C=O) groups excluding carboxylic acids is 1. The molecule has 104 valence electrons. The van der Waals surface area contributed by atoms with Gasteiger partial charge in [0, 0.05) is 32.1 Å². The average Bonchev–Trinajstić information content (AvgIpc) is 2.36. The van der Waals surface area contributed by atoms with Gasteiger partial charge in [-0.2, -0.15) is 0 Å². The second-order valence-corrected chi connectivity index (χ2v) is 6.32. The maximum absolute atomic E-state index is 11.3. The maximum Gasteiger partial charge on any atom is 0.219 e. The number of rotatable bonds is 2.